The number of nitrogens with two attached hydrogens (primary N) is 1. The fourth-order valence-corrected chi connectivity index (χ4v) is 2.96. The van der Waals surface area contributed by atoms with Gasteiger partial charge in [0.15, 0.2) is 0 Å². The first-order valence-corrected chi connectivity index (χ1v) is 8.06. The quantitative estimate of drug-likeness (QED) is 0.569. The Balaban J connectivity index is 0.00000288. The number of nitrogens with zero attached hydrogens (tertiary/aromatic N) is 2. The van der Waals surface area contributed by atoms with Crippen LogP contribution in [0.25, 0.3) is 0 Å². The molecule has 1 fully saturated rings. The van der Waals surface area contributed by atoms with Crippen molar-refractivity contribution in [1.29, 1.82) is 0 Å². The van der Waals surface area contributed by atoms with Gasteiger partial charge in [-0.1, -0.05) is 15.9 Å². The number of anilines is 2. The molecule has 0 aromatic heterocycles. The zero-order valence-electron chi connectivity index (χ0n) is 13.5. The third-order valence-electron chi connectivity index (χ3n) is 3.74. The molecule has 24 heavy (non-hydrogen) atoms. The minimum atomic E-state index is -0.647. The fourth-order valence-electron chi connectivity index (χ4n) is 2.39. The number of nitrogens with one attached hydrogen (secondary N) is 1. The van der Waals surface area contributed by atoms with Gasteiger partial charge in [-0.05, 0) is 31.5 Å². The van der Waals surface area contributed by atoms with Crippen molar-refractivity contribution in [2.75, 3.05) is 37.2 Å². The Morgan fingerprint density at radius 1 is 1.25 bits per heavy atom. The number of benzene rings is 1. The third kappa shape index (κ3) is 4.39. The monoisotopic (exact) mass is 418 g/mol. The number of rotatable bonds is 4. The topological polar surface area (TPSA) is 95.7 Å². The van der Waals surface area contributed by atoms with Crippen LogP contribution in [0.1, 0.15) is 12.5 Å². The second kappa shape index (κ2) is 8.34. The van der Waals surface area contributed by atoms with Gasteiger partial charge in [0.2, 0.25) is 5.91 Å². The Hall–Kier alpha value is -1.80. The molecule has 0 atom stereocenters. The van der Waals surface area contributed by atoms with Gasteiger partial charge in [0.25, 0.3) is 0 Å². The van der Waals surface area contributed by atoms with Crippen molar-refractivity contribution in [3.05, 3.63) is 22.2 Å². The van der Waals surface area contributed by atoms with Crippen molar-refractivity contribution in [3.63, 3.8) is 0 Å². The Bertz CT molecular complexity index is 668. The smallest absolute Gasteiger partial charge is 0.312 e. The molecule has 1 aromatic carbocycles. The Labute approximate surface area is 155 Å². The van der Waals surface area contributed by atoms with Crippen molar-refractivity contribution in [3.8, 4) is 0 Å². The molecule has 7 nitrogen and oxygen atoms in total. The normalized spacial score (nSPS) is 14.5. The van der Waals surface area contributed by atoms with Gasteiger partial charge in [-0.25, -0.2) is 0 Å². The van der Waals surface area contributed by atoms with Gasteiger partial charge in [0, 0.05) is 24.1 Å². The van der Waals surface area contributed by atoms with Gasteiger partial charge in [0.1, 0.15) is 6.54 Å². The molecule has 0 spiro atoms. The highest BCUT2D eigenvalue weighted by Crippen LogP contribution is 2.27. The number of halogens is 2. The van der Waals surface area contributed by atoms with Gasteiger partial charge in [-0.15, -0.1) is 12.4 Å². The van der Waals surface area contributed by atoms with Crippen LogP contribution in [-0.4, -0.2) is 53.7 Å². The van der Waals surface area contributed by atoms with Crippen LogP contribution < -0.4 is 11.1 Å². The van der Waals surface area contributed by atoms with Crippen LogP contribution in [0.2, 0.25) is 0 Å². The maximum Gasteiger partial charge on any atom is 0.312 e. The molecular weight excluding hydrogens is 400 g/mol. The largest absolute Gasteiger partial charge is 0.397 e. The summed E-state index contributed by atoms with van der Waals surface area (Å²) >= 11 is 3.35. The molecule has 0 radical (unpaired) electrons. The summed E-state index contributed by atoms with van der Waals surface area (Å²) in [7, 11) is 0. The molecule has 0 bridgehead atoms. The molecule has 0 unspecified atom stereocenters. The molecule has 1 saturated heterocycles. The Morgan fingerprint density at radius 2 is 1.83 bits per heavy atom. The highest BCUT2D eigenvalue weighted by atomic mass is 79.9. The summed E-state index contributed by atoms with van der Waals surface area (Å²) in [6.07, 6.45) is 0. The van der Waals surface area contributed by atoms with Crippen molar-refractivity contribution in [1.82, 2.24) is 9.80 Å². The van der Waals surface area contributed by atoms with Gasteiger partial charge in [0.05, 0.1) is 11.4 Å². The molecule has 9 heteroatoms. The molecule has 1 aliphatic heterocycles. The molecule has 132 valence electrons. The third-order valence-corrected chi connectivity index (χ3v) is 4.20. The van der Waals surface area contributed by atoms with E-state index in [1.54, 1.807) is 6.07 Å². The van der Waals surface area contributed by atoms with E-state index in [-0.39, 0.29) is 24.9 Å². The Kier molecular flexibility index (Phi) is 7.04. The van der Waals surface area contributed by atoms with Crippen LogP contribution >= 0.6 is 28.3 Å². The lowest BCUT2D eigenvalue weighted by atomic mass is 10.1. The first kappa shape index (κ1) is 20.2. The summed E-state index contributed by atoms with van der Waals surface area (Å²) in [4.78, 5) is 38.7. The lowest BCUT2D eigenvalue weighted by Gasteiger charge is -2.32. The number of piperazine rings is 1. The molecule has 1 aromatic rings. The first-order chi connectivity index (χ1) is 10.8. The molecule has 0 aliphatic carbocycles. The lowest BCUT2D eigenvalue weighted by Crippen LogP contribution is -2.55. The van der Waals surface area contributed by atoms with Crippen LogP contribution in [-0.2, 0) is 14.4 Å². The maximum atomic E-state index is 12.2. The van der Waals surface area contributed by atoms with E-state index in [0.717, 1.165) is 10.0 Å². The van der Waals surface area contributed by atoms with E-state index < -0.39 is 11.8 Å². The van der Waals surface area contributed by atoms with Crippen LogP contribution in [0.15, 0.2) is 16.6 Å². The lowest BCUT2D eigenvalue weighted by molar-refractivity contribution is -0.156. The number of hydrogen-bond acceptors (Lipinski definition) is 4. The average molecular weight is 420 g/mol. The molecule has 3 amide bonds. The van der Waals surface area contributed by atoms with E-state index in [1.807, 2.05) is 19.9 Å². The van der Waals surface area contributed by atoms with Gasteiger partial charge in [-0.3, -0.25) is 14.4 Å². The van der Waals surface area contributed by atoms with E-state index in [4.69, 9.17) is 5.73 Å². The van der Waals surface area contributed by atoms with E-state index in [1.165, 1.54) is 9.80 Å². The predicted molar refractivity (Wildman–Crippen MR) is 98.0 cm³/mol. The summed E-state index contributed by atoms with van der Waals surface area (Å²) in [5.41, 5.74) is 7.72. The average Bonchev–Trinajstić information content (AvgIpc) is 2.49. The van der Waals surface area contributed by atoms with E-state index in [9.17, 15) is 14.4 Å². The van der Waals surface area contributed by atoms with Gasteiger partial charge >= 0.3 is 11.8 Å². The molecule has 2 rings (SSSR count). The summed E-state index contributed by atoms with van der Waals surface area (Å²) in [6.45, 7) is 4.74. The number of carbonyl (C=O) groups excluding carboxylic acids is 3. The molecule has 1 aliphatic rings. The minimum absolute atomic E-state index is 0. The number of likely N-dealkylation sites (N-methyl/N-ethyl adjacent to an activating group) is 1. The standard InChI is InChI=1S/C15H19BrN4O3.ClH/c1-3-19-4-5-20(15(23)14(19)22)8-12(21)18-11-7-10(16)6-9(2)13(11)17;/h6-7H,3-5,8,17H2,1-2H3,(H,18,21);1H. The SMILES string of the molecule is CCN1CCN(CC(=O)Nc2cc(Br)cc(C)c2N)C(=O)C1=O.Cl. The summed E-state index contributed by atoms with van der Waals surface area (Å²) in [5.74, 6) is -1.60. The van der Waals surface area contributed by atoms with Crippen LogP contribution in [0, 0.1) is 6.92 Å². The molecule has 1 heterocycles. The second-order valence-electron chi connectivity index (χ2n) is 5.34. The minimum Gasteiger partial charge on any atom is -0.397 e. The zero-order chi connectivity index (χ0) is 17.1. The van der Waals surface area contributed by atoms with Crippen LogP contribution in [0.5, 0.6) is 0 Å². The number of carbonyl (C=O) groups is 3. The number of amides is 3. The highest BCUT2D eigenvalue weighted by Gasteiger charge is 2.32. The summed E-state index contributed by atoms with van der Waals surface area (Å²) in [6, 6.07) is 3.54. The molecule has 0 saturated carbocycles. The number of hydrogen-bond donors (Lipinski definition) is 2. The second-order valence-corrected chi connectivity index (χ2v) is 6.26. The van der Waals surface area contributed by atoms with E-state index in [2.05, 4.69) is 21.2 Å². The van der Waals surface area contributed by atoms with E-state index >= 15 is 0 Å². The number of nitrogen functional groups attached to an aromatic ring is 1. The van der Waals surface area contributed by atoms with E-state index in [0.29, 0.717) is 31.0 Å². The fraction of sp³-hybridized carbons (Fsp3) is 0.400. The van der Waals surface area contributed by atoms with Crippen molar-refractivity contribution >= 4 is 57.4 Å². The Morgan fingerprint density at radius 3 is 2.46 bits per heavy atom. The molecular formula is C15H20BrClN4O3. The summed E-state index contributed by atoms with van der Waals surface area (Å²) < 4.78 is 0.794. The van der Waals surface area contributed by atoms with Gasteiger partial charge < -0.3 is 20.9 Å². The predicted octanol–water partition coefficient (Wildman–Crippen LogP) is 1.39. The maximum absolute atomic E-state index is 12.2. The summed E-state index contributed by atoms with van der Waals surface area (Å²) in [5, 5.41) is 2.69. The zero-order valence-corrected chi connectivity index (χ0v) is 15.9. The first-order valence-electron chi connectivity index (χ1n) is 7.27. The number of aryl methyl sites for hydroxylation is 1. The van der Waals surface area contributed by atoms with Crippen molar-refractivity contribution < 1.29 is 14.4 Å². The van der Waals surface area contributed by atoms with Crippen LogP contribution in [0.4, 0.5) is 11.4 Å². The molecule has 3 N–H and O–H groups in total. The van der Waals surface area contributed by atoms with Crippen LogP contribution in [0.3, 0.4) is 0 Å². The van der Waals surface area contributed by atoms with Gasteiger partial charge in [-0.2, -0.15) is 0 Å². The van der Waals surface area contributed by atoms with Crippen molar-refractivity contribution in [2.24, 2.45) is 0 Å². The highest BCUT2D eigenvalue weighted by molar-refractivity contribution is 9.10. The van der Waals surface area contributed by atoms with Crippen molar-refractivity contribution in [2.45, 2.75) is 13.8 Å².